The number of ether oxygens (including phenoxy) is 1. The van der Waals surface area contributed by atoms with Crippen LogP contribution in [0, 0.1) is 11.7 Å². The molecule has 17 heavy (non-hydrogen) atoms. The third-order valence-electron chi connectivity index (χ3n) is 3.18. The van der Waals surface area contributed by atoms with Gasteiger partial charge in [0.15, 0.2) is 0 Å². The van der Waals surface area contributed by atoms with Gasteiger partial charge in [-0.15, -0.1) is 0 Å². The average Bonchev–Trinajstić information content (AvgIpc) is 2.84. The number of hydrogen-bond donors (Lipinski definition) is 1. The highest BCUT2D eigenvalue weighted by Gasteiger charge is 2.28. The fraction of sp³-hybridized carbons (Fsp3) is 0.538. The van der Waals surface area contributed by atoms with Crippen LogP contribution in [-0.4, -0.2) is 19.8 Å². The van der Waals surface area contributed by atoms with Crippen LogP contribution in [0.5, 0.6) is 0 Å². The molecule has 1 aliphatic heterocycles. The van der Waals surface area contributed by atoms with Gasteiger partial charge < -0.3 is 10.1 Å². The van der Waals surface area contributed by atoms with Crippen LogP contribution >= 0.6 is 15.9 Å². The summed E-state index contributed by atoms with van der Waals surface area (Å²) < 4.78 is 19.6. The highest BCUT2D eigenvalue weighted by atomic mass is 79.9. The maximum Gasteiger partial charge on any atom is 0.137 e. The third-order valence-corrected chi connectivity index (χ3v) is 4.01. The Balaban J connectivity index is 2.27. The van der Waals surface area contributed by atoms with E-state index >= 15 is 0 Å². The molecule has 2 atom stereocenters. The molecule has 0 amide bonds. The number of rotatable bonds is 4. The predicted molar refractivity (Wildman–Crippen MR) is 69.4 cm³/mol. The number of nitrogens with one attached hydrogen (secondary N) is 1. The molecule has 94 valence electrons. The second kappa shape index (κ2) is 5.94. The van der Waals surface area contributed by atoms with Crippen molar-refractivity contribution in [3.8, 4) is 0 Å². The molecule has 1 aromatic rings. The lowest BCUT2D eigenvalue weighted by molar-refractivity contribution is 0.177. The second-order valence-electron chi connectivity index (χ2n) is 4.30. The van der Waals surface area contributed by atoms with Gasteiger partial charge in [-0.3, -0.25) is 0 Å². The second-order valence-corrected chi connectivity index (χ2v) is 5.10. The normalized spacial score (nSPS) is 21.7. The molecule has 1 fully saturated rings. The van der Waals surface area contributed by atoms with Crippen LogP contribution in [0.3, 0.4) is 0 Å². The minimum Gasteiger partial charge on any atom is -0.381 e. The summed E-state index contributed by atoms with van der Waals surface area (Å²) in [6.45, 7) is 4.49. The topological polar surface area (TPSA) is 21.3 Å². The summed E-state index contributed by atoms with van der Waals surface area (Å²) in [7, 11) is 0. The van der Waals surface area contributed by atoms with E-state index in [2.05, 4.69) is 28.2 Å². The minimum absolute atomic E-state index is 0.160. The van der Waals surface area contributed by atoms with Gasteiger partial charge in [0.2, 0.25) is 0 Å². The lowest BCUT2D eigenvalue weighted by Crippen LogP contribution is -2.29. The number of hydrogen-bond acceptors (Lipinski definition) is 2. The number of halogens is 2. The molecule has 0 aromatic heterocycles. The molecule has 1 N–H and O–H groups in total. The monoisotopic (exact) mass is 301 g/mol. The smallest absolute Gasteiger partial charge is 0.137 e. The highest BCUT2D eigenvalue weighted by molar-refractivity contribution is 9.10. The highest BCUT2D eigenvalue weighted by Crippen LogP contribution is 2.34. The summed E-state index contributed by atoms with van der Waals surface area (Å²) in [6.07, 6.45) is 1.03. The largest absolute Gasteiger partial charge is 0.381 e. The molecule has 4 heteroatoms. The van der Waals surface area contributed by atoms with Gasteiger partial charge in [-0.1, -0.05) is 19.1 Å². The Morgan fingerprint density at radius 3 is 3.06 bits per heavy atom. The van der Waals surface area contributed by atoms with E-state index in [-0.39, 0.29) is 11.9 Å². The Kier molecular flexibility index (Phi) is 4.54. The Hall–Kier alpha value is -0.450. The molecule has 1 aliphatic rings. The first-order chi connectivity index (χ1) is 8.24. The summed E-state index contributed by atoms with van der Waals surface area (Å²) in [5.41, 5.74) is 0.988. The lowest BCUT2D eigenvalue weighted by Gasteiger charge is -2.25. The van der Waals surface area contributed by atoms with E-state index < -0.39 is 0 Å². The van der Waals surface area contributed by atoms with Gasteiger partial charge in [0.05, 0.1) is 11.1 Å². The SMILES string of the molecule is CCNC(c1cccc(F)c1Br)C1CCOC1. The fourth-order valence-corrected chi connectivity index (χ4v) is 2.84. The third kappa shape index (κ3) is 2.87. The zero-order valence-corrected chi connectivity index (χ0v) is 11.5. The van der Waals surface area contributed by atoms with Gasteiger partial charge in [0.1, 0.15) is 5.82 Å². The average molecular weight is 302 g/mol. The van der Waals surface area contributed by atoms with E-state index in [1.54, 1.807) is 6.07 Å². The van der Waals surface area contributed by atoms with E-state index in [4.69, 9.17) is 4.74 Å². The predicted octanol–water partition coefficient (Wildman–Crippen LogP) is 3.28. The molecule has 0 radical (unpaired) electrons. The fourth-order valence-electron chi connectivity index (χ4n) is 2.33. The van der Waals surface area contributed by atoms with E-state index in [1.807, 2.05) is 6.07 Å². The van der Waals surface area contributed by atoms with Crippen molar-refractivity contribution in [1.82, 2.24) is 5.32 Å². The quantitative estimate of drug-likeness (QED) is 0.921. The molecule has 0 bridgehead atoms. The Morgan fingerprint density at radius 1 is 1.59 bits per heavy atom. The van der Waals surface area contributed by atoms with E-state index in [1.165, 1.54) is 6.07 Å². The first-order valence-electron chi connectivity index (χ1n) is 5.99. The van der Waals surface area contributed by atoms with Crippen LogP contribution in [0.1, 0.15) is 24.9 Å². The van der Waals surface area contributed by atoms with Crippen molar-refractivity contribution in [2.75, 3.05) is 19.8 Å². The molecule has 0 saturated carbocycles. The summed E-state index contributed by atoms with van der Waals surface area (Å²) in [4.78, 5) is 0. The molecule has 1 heterocycles. The Morgan fingerprint density at radius 2 is 2.41 bits per heavy atom. The van der Waals surface area contributed by atoms with Crippen LogP contribution < -0.4 is 5.32 Å². The van der Waals surface area contributed by atoms with Gasteiger partial charge >= 0.3 is 0 Å². The maximum atomic E-state index is 13.6. The molecule has 1 saturated heterocycles. The van der Waals surface area contributed by atoms with E-state index in [0.29, 0.717) is 10.4 Å². The van der Waals surface area contributed by atoms with Crippen molar-refractivity contribution >= 4 is 15.9 Å². The maximum absolute atomic E-state index is 13.6. The molecule has 2 rings (SSSR count). The van der Waals surface area contributed by atoms with Crippen molar-refractivity contribution < 1.29 is 9.13 Å². The molecular weight excluding hydrogens is 285 g/mol. The zero-order chi connectivity index (χ0) is 12.3. The first kappa shape index (κ1) is 13.0. The molecule has 2 unspecified atom stereocenters. The number of benzene rings is 1. The van der Waals surface area contributed by atoms with Crippen molar-refractivity contribution in [2.45, 2.75) is 19.4 Å². The van der Waals surface area contributed by atoms with Gasteiger partial charge in [0.25, 0.3) is 0 Å². The van der Waals surface area contributed by atoms with Crippen LogP contribution in [-0.2, 0) is 4.74 Å². The lowest BCUT2D eigenvalue weighted by atomic mass is 9.92. The van der Waals surface area contributed by atoms with Crippen molar-refractivity contribution in [2.24, 2.45) is 5.92 Å². The minimum atomic E-state index is -0.204. The molecule has 0 aliphatic carbocycles. The van der Waals surface area contributed by atoms with Crippen molar-refractivity contribution in [3.63, 3.8) is 0 Å². The van der Waals surface area contributed by atoms with E-state index in [0.717, 1.165) is 31.7 Å². The van der Waals surface area contributed by atoms with Crippen LogP contribution in [0.2, 0.25) is 0 Å². The van der Waals surface area contributed by atoms with E-state index in [9.17, 15) is 4.39 Å². The zero-order valence-electron chi connectivity index (χ0n) is 9.88. The van der Waals surface area contributed by atoms with Gasteiger partial charge in [-0.2, -0.15) is 0 Å². The van der Waals surface area contributed by atoms with Crippen molar-refractivity contribution in [3.05, 3.63) is 34.1 Å². The Labute approximate surface area is 110 Å². The first-order valence-corrected chi connectivity index (χ1v) is 6.78. The standard InChI is InChI=1S/C13H17BrFNO/c1-2-16-13(9-6-7-17-8-9)10-4-3-5-11(15)12(10)14/h3-5,9,13,16H,2,6-8H2,1H3. The van der Waals surface area contributed by atoms with Crippen LogP contribution in [0.25, 0.3) is 0 Å². The Bertz CT molecular complexity index is 380. The van der Waals surface area contributed by atoms with Gasteiger partial charge in [0, 0.05) is 18.6 Å². The summed E-state index contributed by atoms with van der Waals surface area (Å²) in [6, 6.07) is 5.36. The summed E-state index contributed by atoms with van der Waals surface area (Å²) in [5.74, 6) is 0.220. The summed E-state index contributed by atoms with van der Waals surface area (Å²) in [5, 5.41) is 3.43. The van der Waals surface area contributed by atoms with Gasteiger partial charge in [-0.05, 0) is 40.5 Å². The molecule has 1 aromatic carbocycles. The molecular formula is C13H17BrFNO. The summed E-state index contributed by atoms with van der Waals surface area (Å²) >= 11 is 3.34. The van der Waals surface area contributed by atoms with Gasteiger partial charge in [-0.25, -0.2) is 4.39 Å². The molecule has 0 spiro atoms. The van der Waals surface area contributed by atoms with Crippen LogP contribution in [0.4, 0.5) is 4.39 Å². The van der Waals surface area contributed by atoms with Crippen LogP contribution in [0.15, 0.2) is 22.7 Å². The van der Waals surface area contributed by atoms with Crippen molar-refractivity contribution in [1.29, 1.82) is 0 Å². The molecule has 2 nitrogen and oxygen atoms in total.